The molecule has 0 aromatic heterocycles. The van der Waals surface area contributed by atoms with Crippen LogP contribution in [0.5, 0.6) is 0 Å². The van der Waals surface area contributed by atoms with Crippen LogP contribution in [0.2, 0.25) is 0 Å². The number of allylic oxidation sites excluding steroid dienone is 5. The quantitative estimate of drug-likeness (QED) is 0.500. The van der Waals surface area contributed by atoms with Gasteiger partial charge in [-0.25, -0.2) is 0 Å². The van der Waals surface area contributed by atoms with Crippen molar-refractivity contribution in [2.24, 2.45) is 5.92 Å². The van der Waals surface area contributed by atoms with E-state index in [0.29, 0.717) is 0 Å². The molecule has 0 bridgehead atoms. The molecule has 0 atom stereocenters. The van der Waals surface area contributed by atoms with Crippen LogP contribution in [0.4, 0.5) is 0 Å². The number of hydrogen-bond donors (Lipinski definition) is 0. The molecule has 0 fully saturated rings. The predicted octanol–water partition coefficient (Wildman–Crippen LogP) is 1.87. The minimum absolute atomic E-state index is 0.0671. The molecule has 10 heavy (non-hydrogen) atoms. The number of hydrogen-bond acceptors (Lipinski definition) is 1. The van der Waals surface area contributed by atoms with Crippen molar-refractivity contribution in [1.29, 1.82) is 0 Å². The first-order chi connectivity index (χ1) is 4.70. The van der Waals surface area contributed by atoms with E-state index in [0.717, 1.165) is 5.57 Å². The summed E-state index contributed by atoms with van der Waals surface area (Å²) in [5.41, 5.74) is 1.07. The van der Waals surface area contributed by atoms with E-state index in [1.54, 1.807) is 12.2 Å². The van der Waals surface area contributed by atoms with Gasteiger partial charge < -0.3 is 0 Å². The molecular weight excluding hydrogens is 124 g/mol. The fourth-order valence-electron chi connectivity index (χ4n) is 0.845. The van der Waals surface area contributed by atoms with Gasteiger partial charge in [0.2, 0.25) is 0 Å². The van der Waals surface area contributed by atoms with E-state index in [4.69, 9.17) is 0 Å². The maximum absolute atomic E-state index is 10.6. The predicted molar refractivity (Wildman–Crippen MR) is 41.6 cm³/mol. The van der Waals surface area contributed by atoms with Crippen molar-refractivity contribution in [3.8, 4) is 0 Å². The summed E-state index contributed by atoms with van der Waals surface area (Å²) in [7, 11) is 0. The molecule has 1 nitrogen and oxygen atoms in total. The molecule has 0 N–H and O–H groups in total. The molecule has 1 aliphatic carbocycles. The average molecular weight is 134 g/mol. The van der Waals surface area contributed by atoms with Crippen molar-refractivity contribution in [3.05, 3.63) is 36.5 Å². The van der Waals surface area contributed by atoms with Crippen molar-refractivity contribution in [1.82, 2.24) is 0 Å². The summed E-state index contributed by atoms with van der Waals surface area (Å²) in [5, 5.41) is 0. The van der Waals surface area contributed by atoms with Crippen LogP contribution >= 0.6 is 0 Å². The molecule has 0 spiro atoms. The molecule has 1 rings (SSSR count). The summed E-state index contributed by atoms with van der Waals surface area (Å²) in [6, 6.07) is 0. The zero-order chi connectivity index (χ0) is 7.56. The summed E-state index contributed by atoms with van der Waals surface area (Å²) in [6.07, 6.45) is 6.90. The fraction of sp³-hybridized carbons (Fsp3) is 0.222. The van der Waals surface area contributed by atoms with Crippen molar-refractivity contribution in [3.63, 3.8) is 0 Å². The normalized spacial score (nSPS) is 17.9. The topological polar surface area (TPSA) is 17.1 Å². The van der Waals surface area contributed by atoms with Crippen molar-refractivity contribution in [2.45, 2.75) is 6.92 Å². The molecule has 0 saturated carbocycles. The highest BCUT2D eigenvalue weighted by Gasteiger charge is 2.05. The number of rotatable bonds is 1. The highest BCUT2D eigenvalue weighted by molar-refractivity contribution is 6.00. The summed E-state index contributed by atoms with van der Waals surface area (Å²) < 4.78 is 0. The molecule has 0 aromatic carbocycles. The zero-order valence-electron chi connectivity index (χ0n) is 6.00. The van der Waals surface area contributed by atoms with E-state index < -0.39 is 0 Å². The summed E-state index contributed by atoms with van der Waals surface area (Å²) in [4.78, 5) is 10.6. The summed E-state index contributed by atoms with van der Waals surface area (Å²) in [6.45, 7) is 5.74. The minimum atomic E-state index is 0.0671. The Morgan fingerprint density at radius 2 is 2.00 bits per heavy atom. The van der Waals surface area contributed by atoms with Crippen LogP contribution in [0.25, 0.3) is 0 Å². The molecule has 1 aliphatic rings. The highest BCUT2D eigenvalue weighted by atomic mass is 16.1. The largest absolute Gasteiger partial charge is 0.290 e. The standard InChI is InChI=1S/C9H10O/c1-7(2)8-3-5-9(10)6-4-8/h3-6,8H,1H2,2H3. The van der Waals surface area contributed by atoms with Gasteiger partial charge in [0.25, 0.3) is 0 Å². The maximum Gasteiger partial charge on any atom is 0.178 e. The third-order valence-corrected chi connectivity index (χ3v) is 1.50. The van der Waals surface area contributed by atoms with E-state index >= 15 is 0 Å². The van der Waals surface area contributed by atoms with Gasteiger partial charge in [-0.1, -0.05) is 24.3 Å². The van der Waals surface area contributed by atoms with Gasteiger partial charge in [0.1, 0.15) is 0 Å². The third-order valence-electron chi connectivity index (χ3n) is 1.50. The Balaban J connectivity index is 2.71. The lowest BCUT2D eigenvalue weighted by atomic mass is 9.97. The molecule has 0 radical (unpaired) electrons. The van der Waals surface area contributed by atoms with Crippen LogP contribution in [0, 0.1) is 5.92 Å². The van der Waals surface area contributed by atoms with Crippen LogP contribution < -0.4 is 0 Å². The molecule has 0 unspecified atom stereocenters. The van der Waals surface area contributed by atoms with Gasteiger partial charge in [-0.2, -0.15) is 0 Å². The van der Waals surface area contributed by atoms with E-state index in [9.17, 15) is 4.79 Å². The van der Waals surface area contributed by atoms with Crippen LogP contribution in [-0.4, -0.2) is 5.78 Å². The van der Waals surface area contributed by atoms with Gasteiger partial charge in [0.15, 0.2) is 5.78 Å². The Bertz CT molecular complexity index is 205. The number of carbonyl (C=O) groups excluding carboxylic acids is 1. The smallest absolute Gasteiger partial charge is 0.178 e. The highest BCUT2D eigenvalue weighted by Crippen LogP contribution is 2.14. The molecule has 0 heterocycles. The Morgan fingerprint density at radius 3 is 2.40 bits per heavy atom. The fourth-order valence-corrected chi connectivity index (χ4v) is 0.845. The second-order valence-corrected chi connectivity index (χ2v) is 2.49. The maximum atomic E-state index is 10.6. The van der Waals surface area contributed by atoms with Gasteiger partial charge in [0.05, 0.1) is 0 Å². The Hall–Kier alpha value is -1.11. The summed E-state index contributed by atoms with van der Waals surface area (Å²) >= 11 is 0. The Kier molecular flexibility index (Phi) is 1.86. The van der Waals surface area contributed by atoms with Gasteiger partial charge in [-0.05, 0) is 19.1 Å². The lowest BCUT2D eigenvalue weighted by Gasteiger charge is -2.08. The second-order valence-electron chi connectivity index (χ2n) is 2.49. The summed E-state index contributed by atoms with van der Waals surface area (Å²) in [5.74, 6) is 0.329. The second kappa shape index (κ2) is 2.65. The van der Waals surface area contributed by atoms with E-state index in [2.05, 4.69) is 6.58 Å². The first-order valence-corrected chi connectivity index (χ1v) is 3.26. The van der Waals surface area contributed by atoms with Gasteiger partial charge in [0, 0.05) is 5.92 Å². The lowest BCUT2D eigenvalue weighted by molar-refractivity contribution is -0.110. The van der Waals surface area contributed by atoms with Crippen LogP contribution in [-0.2, 0) is 4.79 Å². The molecule has 1 heteroatoms. The van der Waals surface area contributed by atoms with Crippen LogP contribution in [0.3, 0.4) is 0 Å². The Morgan fingerprint density at radius 1 is 1.50 bits per heavy atom. The molecular formula is C9H10O. The average Bonchev–Trinajstić information content (AvgIpc) is 1.88. The third kappa shape index (κ3) is 1.44. The molecule has 0 aliphatic heterocycles. The monoisotopic (exact) mass is 134 g/mol. The SMILES string of the molecule is C=C(C)C1C=CC(=O)C=C1. The molecule has 0 saturated heterocycles. The van der Waals surface area contributed by atoms with Gasteiger partial charge in [-0.3, -0.25) is 4.79 Å². The minimum Gasteiger partial charge on any atom is -0.290 e. The van der Waals surface area contributed by atoms with Crippen molar-refractivity contribution in [2.75, 3.05) is 0 Å². The Labute approximate surface area is 60.7 Å². The van der Waals surface area contributed by atoms with Crippen LogP contribution in [0.15, 0.2) is 36.5 Å². The van der Waals surface area contributed by atoms with Gasteiger partial charge in [-0.15, -0.1) is 0 Å². The van der Waals surface area contributed by atoms with Crippen molar-refractivity contribution >= 4 is 5.78 Å². The van der Waals surface area contributed by atoms with Gasteiger partial charge >= 0.3 is 0 Å². The van der Waals surface area contributed by atoms with Crippen molar-refractivity contribution < 1.29 is 4.79 Å². The first kappa shape index (κ1) is 7.00. The van der Waals surface area contributed by atoms with E-state index in [1.165, 1.54) is 0 Å². The zero-order valence-corrected chi connectivity index (χ0v) is 6.00. The molecule has 0 amide bonds. The number of carbonyl (C=O) groups is 1. The first-order valence-electron chi connectivity index (χ1n) is 3.26. The van der Waals surface area contributed by atoms with E-state index in [-0.39, 0.29) is 11.7 Å². The lowest BCUT2D eigenvalue weighted by Crippen LogP contribution is -2.00. The number of ketones is 1. The molecule has 52 valence electrons. The van der Waals surface area contributed by atoms with E-state index in [1.807, 2.05) is 19.1 Å². The van der Waals surface area contributed by atoms with Crippen LogP contribution in [0.1, 0.15) is 6.92 Å². The molecule has 0 aromatic rings.